The third-order valence-electron chi connectivity index (χ3n) is 11.0. The number of benzene rings is 4. The Hall–Kier alpha value is -6.56. The van der Waals surface area contributed by atoms with E-state index in [1.165, 1.54) is 0 Å². The zero-order chi connectivity index (χ0) is 45.3. The second-order valence-corrected chi connectivity index (χ2v) is 16.0. The van der Waals surface area contributed by atoms with Crippen molar-refractivity contribution in [3.05, 3.63) is 119 Å². The van der Waals surface area contributed by atoms with Crippen LogP contribution in [0.4, 0.5) is 0 Å². The zero-order valence-electron chi connectivity index (χ0n) is 38.0. The summed E-state index contributed by atoms with van der Waals surface area (Å²) < 4.78 is 47.7. The highest BCUT2D eigenvalue weighted by atomic mass is 16.6. The average molecular weight is 859 g/mol. The van der Waals surface area contributed by atoms with Gasteiger partial charge in [-0.25, -0.2) is 0 Å². The maximum absolute atomic E-state index is 13.9. The van der Waals surface area contributed by atoms with E-state index in [1.807, 2.05) is 114 Å². The lowest BCUT2D eigenvalue weighted by Gasteiger charge is -2.27. The van der Waals surface area contributed by atoms with Gasteiger partial charge in [-0.1, -0.05) is 26.0 Å². The number of methoxy groups -OCH3 is 2. The van der Waals surface area contributed by atoms with Crippen LogP contribution in [0.5, 0.6) is 34.5 Å². The minimum absolute atomic E-state index is 0.0569. The van der Waals surface area contributed by atoms with Crippen LogP contribution in [0.3, 0.4) is 0 Å². The van der Waals surface area contributed by atoms with Crippen LogP contribution in [0.25, 0.3) is 21.8 Å². The number of aromatic nitrogens is 2. The van der Waals surface area contributed by atoms with E-state index in [0.29, 0.717) is 34.5 Å². The third-order valence-corrected chi connectivity index (χ3v) is 11.0. The van der Waals surface area contributed by atoms with Gasteiger partial charge in [-0.2, -0.15) is 0 Å². The first-order valence-electron chi connectivity index (χ1n) is 21.3. The minimum atomic E-state index is -1.50. The van der Waals surface area contributed by atoms with Gasteiger partial charge in [0.05, 0.1) is 48.6 Å². The number of rotatable bonds is 20. The van der Waals surface area contributed by atoms with Gasteiger partial charge in [0.15, 0.2) is 5.41 Å². The molecule has 12 nitrogen and oxygen atoms in total. The summed E-state index contributed by atoms with van der Waals surface area (Å²) in [6.45, 7) is 15.6. The van der Waals surface area contributed by atoms with Crippen LogP contribution in [-0.2, 0) is 45.5 Å². The summed E-state index contributed by atoms with van der Waals surface area (Å²) in [4.78, 5) is 37.0. The van der Waals surface area contributed by atoms with Gasteiger partial charge < -0.3 is 37.9 Å². The highest BCUT2D eigenvalue weighted by Gasteiger charge is 2.46. The van der Waals surface area contributed by atoms with Crippen molar-refractivity contribution in [3.63, 3.8) is 0 Å². The Bertz CT molecular complexity index is 2390. The highest BCUT2D eigenvalue weighted by molar-refractivity contribution is 6.00. The fourth-order valence-electron chi connectivity index (χ4n) is 7.17. The largest absolute Gasteiger partial charge is 0.497 e. The summed E-state index contributed by atoms with van der Waals surface area (Å²) >= 11 is 0. The van der Waals surface area contributed by atoms with Crippen molar-refractivity contribution in [1.29, 1.82) is 0 Å². The van der Waals surface area contributed by atoms with E-state index in [0.717, 1.165) is 55.2 Å². The van der Waals surface area contributed by atoms with Gasteiger partial charge in [0.25, 0.3) is 0 Å². The molecule has 63 heavy (non-hydrogen) atoms. The van der Waals surface area contributed by atoms with Gasteiger partial charge in [0.2, 0.25) is 0 Å². The van der Waals surface area contributed by atoms with E-state index >= 15 is 0 Å². The fraction of sp³-hybridized carbons (Fsp3) is 0.373. The van der Waals surface area contributed by atoms with Crippen molar-refractivity contribution in [2.75, 3.05) is 14.2 Å². The Morgan fingerprint density at radius 3 is 1.30 bits per heavy atom. The predicted octanol–water partition coefficient (Wildman–Crippen LogP) is 10.7. The summed E-state index contributed by atoms with van der Waals surface area (Å²) in [7, 11) is 3.24. The lowest BCUT2D eigenvalue weighted by molar-refractivity contribution is -0.175. The van der Waals surface area contributed by atoms with Gasteiger partial charge in [-0.3, -0.25) is 19.6 Å². The molecule has 0 spiro atoms. The molecule has 0 N–H and O–H groups in total. The molecule has 0 amide bonds. The molecule has 2 aromatic heterocycles. The Kier molecular flexibility index (Phi) is 15.0. The first-order valence-corrected chi connectivity index (χ1v) is 21.3. The fourth-order valence-corrected chi connectivity index (χ4v) is 7.17. The molecule has 0 radical (unpaired) electrons. The maximum atomic E-state index is 13.9. The van der Waals surface area contributed by atoms with Crippen molar-refractivity contribution in [2.24, 2.45) is 5.41 Å². The number of aryl methyl sites for hydroxylation is 2. The molecule has 12 heteroatoms. The van der Waals surface area contributed by atoms with E-state index in [9.17, 15) is 9.59 Å². The number of pyridine rings is 2. The molecule has 0 atom stereocenters. The monoisotopic (exact) mass is 858 g/mol. The molecule has 6 rings (SSSR count). The molecule has 332 valence electrons. The smallest absolute Gasteiger partial charge is 0.323 e. The van der Waals surface area contributed by atoms with Gasteiger partial charge in [0, 0.05) is 23.2 Å². The number of ether oxygens (including phenoxy) is 8. The normalized spacial score (nSPS) is 11.5. The summed E-state index contributed by atoms with van der Waals surface area (Å²) in [5.41, 5.74) is 4.89. The van der Waals surface area contributed by atoms with Crippen molar-refractivity contribution in [3.8, 4) is 34.5 Å². The van der Waals surface area contributed by atoms with Crippen LogP contribution >= 0.6 is 0 Å². The Balaban J connectivity index is 1.10. The standard InChI is InChI=1S/C51H58N2O10/c1-11-51(12-2,49(54)60-27-35-21-41(15-13-33(35)7)58-29-37-25-52-45-19-17-39(56-9)23-43(45)47(37)62-31(3)4)50(55)61-28-36-22-42(16-14-34(36)8)59-30-38-26-53-46-20-18-40(57-10)24-44(46)48(38)63-32(5)6/h13-26,31-32H,11-12,27-30H2,1-10H3. The maximum Gasteiger partial charge on any atom is 0.323 e. The number of esters is 2. The Morgan fingerprint density at radius 1 is 0.540 bits per heavy atom. The topological polar surface area (TPSA) is 134 Å². The van der Waals surface area contributed by atoms with Crippen molar-refractivity contribution in [1.82, 2.24) is 9.97 Å². The first-order chi connectivity index (χ1) is 30.3. The average Bonchev–Trinajstić information content (AvgIpc) is 3.28. The lowest BCUT2D eigenvalue weighted by Crippen LogP contribution is -2.41. The molecule has 0 bridgehead atoms. The predicted molar refractivity (Wildman–Crippen MR) is 242 cm³/mol. The molecular formula is C51H58N2O10. The van der Waals surface area contributed by atoms with E-state index in [2.05, 4.69) is 9.97 Å². The number of hydrogen-bond donors (Lipinski definition) is 0. The van der Waals surface area contributed by atoms with E-state index in [4.69, 9.17) is 37.9 Å². The van der Waals surface area contributed by atoms with Crippen LogP contribution in [-0.4, -0.2) is 48.3 Å². The molecule has 4 aromatic carbocycles. The van der Waals surface area contributed by atoms with Gasteiger partial charge in [-0.05, 0) is 137 Å². The van der Waals surface area contributed by atoms with E-state index in [-0.39, 0.29) is 51.5 Å². The Morgan fingerprint density at radius 2 is 0.937 bits per heavy atom. The zero-order valence-corrected chi connectivity index (χ0v) is 38.0. The molecule has 0 aliphatic rings. The van der Waals surface area contributed by atoms with Gasteiger partial charge in [-0.15, -0.1) is 0 Å². The van der Waals surface area contributed by atoms with E-state index in [1.54, 1.807) is 40.5 Å². The molecule has 6 aromatic rings. The summed E-state index contributed by atoms with van der Waals surface area (Å²) in [5, 5.41) is 1.65. The lowest BCUT2D eigenvalue weighted by atomic mass is 9.82. The van der Waals surface area contributed by atoms with Crippen LogP contribution in [0.15, 0.2) is 85.2 Å². The molecular weight excluding hydrogens is 801 g/mol. The molecule has 0 fully saturated rings. The molecule has 0 unspecified atom stereocenters. The molecule has 0 aliphatic heterocycles. The molecule has 0 aliphatic carbocycles. The summed E-state index contributed by atoms with van der Waals surface area (Å²) in [5.74, 6) is 2.61. The van der Waals surface area contributed by atoms with Crippen LogP contribution in [0, 0.1) is 19.3 Å². The number of carbonyl (C=O) groups excluding carboxylic acids is 2. The van der Waals surface area contributed by atoms with E-state index < -0.39 is 17.4 Å². The van der Waals surface area contributed by atoms with Crippen LogP contribution < -0.4 is 28.4 Å². The quantitative estimate of drug-likeness (QED) is 0.0534. The Labute approximate surface area is 369 Å². The van der Waals surface area contributed by atoms with Crippen molar-refractivity contribution >= 4 is 33.7 Å². The molecule has 0 saturated heterocycles. The molecule has 0 saturated carbocycles. The molecule has 2 heterocycles. The number of carbonyl (C=O) groups is 2. The van der Waals surface area contributed by atoms with Crippen LogP contribution in [0.2, 0.25) is 0 Å². The number of hydrogen-bond acceptors (Lipinski definition) is 12. The second-order valence-electron chi connectivity index (χ2n) is 16.0. The third kappa shape index (κ3) is 10.7. The highest BCUT2D eigenvalue weighted by Crippen LogP contribution is 2.36. The summed E-state index contributed by atoms with van der Waals surface area (Å²) in [6.07, 6.45) is 3.75. The van der Waals surface area contributed by atoms with Crippen LogP contribution in [0.1, 0.15) is 87.8 Å². The minimum Gasteiger partial charge on any atom is -0.497 e. The van der Waals surface area contributed by atoms with Gasteiger partial charge in [0.1, 0.15) is 60.9 Å². The second kappa shape index (κ2) is 20.5. The summed E-state index contributed by atoms with van der Waals surface area (Å²) in [6, 6.07) is 22.5. The number of nitrogens with zero attached hydrogens (tertiary/aromatic N) is 2. The van der Waals surface area contributed by atoms with Crippen molar-refractivity contribution in [2.45, 2.75) is 107 Å². The number of fused-ring (bicyclic) bond motifs is 2. The first kappa shape index (κ1) is 46.0. The SMILES string of the molecule is CCC(CC)(C(=O)OCc1cc(OCc2cnc3ccc(OC)cc3c2OC(C)C)ccc1C)C(=O)OCc1cc(OCc2cnc3ccc(OC)cc3c2OC(C)C)ccc1C. The van der Waals surface area contributed by atoms with Crippen molar-refractivity contribution < 1.29 is 47.5 Å². The van der Waals surface area contributed by atoms with Gasteiger partial charge >= 0.3 is 11.9 Å².